The normalized spacial score (nSPS) is 18.0. The number of halogens is 1. The molecule has 2 aromatic rings. The first-order valence-electron chi connectivity index (χ1n) is 8.83. The van der Waals surface area contributed by atoms with E-state index in [9.17, 15) is 4.79 Å². The van der Waals surface area contributed by atoms with Crippen molar-refractivity contribution in [3.05, 3.63) is 40.7 Å². The van der Waals surface area contributed by atoms with E-state index >= 15 is 0 Å². The Bertz CT molecular complexity index is 722. The second-order valence-electron chi connectivity index (χ2n) is 6.37. The second-order valence-corrected chi connectivity index (χ2v) is 7.74. The third kappa shape index (κ3) is 5.72. The highest BCUT2D eigenvalue weighted by molar-refractivity contribution is 7.99. The summed E-state index contributed by atoms with van der Waals surface area (Å²) in [6.07, 6.45) is 2.79. The summed E-state index contributed by atoms with van der Waals surface area (Å²) in [6.45, 7) is 4.73. The maximum absolute atomic E-state index is 12.2. The molecule has 1 aromatic heterocycles. The highest BCUT2D eigenvalue weighted by Gasteiger charge is 2.21. The highest BCUT2D eigenvalue weighted by atomic mass is 35.5. The van der Waals surface area contributed by atoms with Gasteiger partial charge in [0.25, 0.3) is 5.22 Å². The number of nitrogens with one attached hydrogen (secondary N) is 1. The number of thioether (sulfide) groups is 1. The predicted octanol–water partition coefficient (Wildman–Crippen LogP) is 3.16. The Kier molecular flexibility index (Phi) is 6.93. The van der Waals surface area contributed by atoms with Crippen LogP contribution in [0, 0.1) is 0 Å². The van der Waals surface area contributed by atoms with Gasteiger partial charge in [0.1, 0.15) is 0 Å². The topological polar surface area (TPSA) is 71.3 Å². The molecule has 2 heterocycles. The zero-order valence-corrected chi connectivity index (χ0v) is 16.4. The summed E-state index contributed by atoms with van der Waals surface area (Å²) in [5.74, 6) is 0.890. The van der Waals surface area contributed by atoms with Crippen LogP contribution < -0.4 is 5.32 Å². The van der Waals surface area contributed by atoms with Crippen LogP contribution in [0.25, 0.3) is 0 Å². The number of aromatic nitrogens is 2. The van der Waals surface area contributed by atoms with Crippen molar-refractivity contribution in [3.63, 3.8) is 0 Å². The second kappa shape index (κ2) is 9.39. The molecular weight excluding hydrogens is 372 g/mol. The van der Waals surface area contributed by atoms with E-state index in [2.05, 4.69) is 32.5 Å². The molecule has 1 saturated heterocycles. The Labute approximate surface area is 162 Å². The standard InChI is InChI=1S/C18H23ClN4O2S/c1-2-17-21-22-18(25-17)26-12-16(24)20-15-4-3-9-23(11-15)10-13-5-7-14(19)8-6-13/h5-8,15H,2-4,9-12H2,1H3,(H,20,24)/t15-/m0/s1. The van der Waals surface area contributed by atoms with Gasteiger partial charge in [-0.3, -0.25) is 9.69 Å². The molecule has 1 aromatic carbocycles. The zero-order valence-electron chi connectivity index (χ0n) is 14.8. The summed E-state index contributed by atoms with van der Waals surface area (Å²) in [4.78, 5) is 14.6. The minimum atomic E-state index is 0.00425. The van der Waals surface area contributed by atoms with Crippen molar-refractivity contribution in [1.82, 2.24) is 20.4 Å². The van der Waals surface area contributed by atoms with Gasteiger partial charge in [0, 0.05) is 30.6 Å². The first-order chi connectivity index (χ1) is 12.6. The van der Waals surface area contributed by atoms with Crippen LogP contribution in [0.1, 0.15) is 31.2 Å². The van der Waals surface area contributed by atoms with E-state index in [1.807, 2.05) is 19.1 Å². The molecule has 0 radical (unpaired) electrons. The van der Waals surface area contributed by atoms with Gasteiger partial charge in [-0.2, -0.15) is 0 Å². The van der Waals surface area contributed by atoms with E-state index in [1.54, 1.807) is 0 Å². The Morgan fingerprint density at radius 2 is 2.19 bits per heavy atom. The number of hydrogen-bond donors (Lipinski definition) is 1. The SMILES string of the molecule is CCc1nnc(SCC(=O)N[C@H]2CCCN(Cc3ccc(Cl)cc3)C2)o1. The number of amides is 1. The fourth-order valence-electron chi connectivity index (χ4n) is 3.00. The van der Waals surface area contributed by atoms with E-state index in [1.165, 1.54) is 17.3 Å². The Balaban J connectivity index is 1.43. The number of piperidine rings is 1. The Morgan fingerprint density at radius 1 is 1.38 bits per heavy atom. The molecule has 26 heavy (non-hydrogen) atoms. The minimum absolute atomic E-state index is 0.00425. The van der Waals surface area contributed by atoms with Gasteiger partial charge in [0.05, 0.1) is 5.75 Å². The number of hydrogen-bond acceptors (Lipinski definition) is 6. The third-order valence-corrected chi connectivity index (χ3v) is 5.34. The fourth-order valence-corrected chi connectivity index (χ4v) is 3.72. The number of rotatable bonds is 7. The molecule has 140 valence electrons. The molecule has 1 N–H and O–H groups in total. The largest absolute Gasteiger partial charge is 0.416 e. The predicted molar refractivity (Wildman–Crippen MR) is 102 cm³/mol. The van der Waals surface area contributed by atoms with Crippen molar-refractivity contribution < 1.29 is 9.21 Å². The van der Waals surface area contributed by atoms with Crippen LogP contribution in [0.4, 0.5) is 0 Å². The summed E-state index contributed by atoms with van der Waals surface area (Å²) in [5, 5.41) is 12.1. The molecule has 6 nitrogen and oxygen atoms in total. The van der Waals surface area contributed by atoms with Crippen LogP contribution in [0.2, 0.25) is 5.02 Å². The lowest BCUT2D eigenvalue weighted by molar-refractivity contribution is -0.119. The number of carbonyl (C=O) groups is 1. The first kappa shape index (κ1) is 19.2. The number of aryl methyl sites for hydroxylation is 1. The van der Waals surface area contributed by atoms with Crippen molar-refractivity contribution in [2.45, 2.75) is 44.0 Å². The van der Waals surface area contributed by atoms with Gasteiger partial charge in [-0.1, -0.05) is 42.4 Å². The van der Waals surface area contributed by atoms with Gasteiger partial charge in [-0.05, 0) is 37.1 Å². The quantitative estimate of drug-likeness (QED) is 0.727. The summed E-state index contributed by atoms with van der Waals surface area (Å²) in [5.41, 5.74) is 1.24. The first-order valence-corrected chi connectivity index (χ1v) is 10.2. The number of nitrogens with zero attached hydrogens (tertiary/aromatic N) is 3. The number of carbonyl (C=O) groups excluding carboxylic acids is 1. The molecule has 8 heteroatoms. The zero-order chi connectivity index (χ0) is 18.4. The minimum Gasteiger partial charge on any atom is -0.416 e. The molecule has 1 atom stereocenters. The van der Waals surface area contributed by atoms with Crippen LogP contribution in [0.5, 0.6) is 0 Å². The maximum atomic E-state index is 12.2. The van der Waals surface area contributed by atoms with Crippen LogP contribution in [-0.2, 0) is 17.8 Å². The van der Waals surface area contributed by atoms with E-state index in [0.29, 0.717) is 23.3 Å². The van der Waals surface area contributed by atoms with Gasteiger partial charge >= 0.3 is 0 Å². The molecule has 0 spiro atoms. The molecule has 3 rings (SSSR count). The van der Waals surface area contributed by atoms with Crippen molar-refractivity contribution in [1.29, 1.82) is 0 Å². The van der Waals surface area contributed by atoms with E-state index < -0.39 is 0 Å². The molecular formula is C18H23ClN4O2S. The molecule has 1 aliphatic heterocycles. The van der Waals surface area contributed by atoms with Gasteiger partial charge in [-0.25, -0.2) is 0 Å². The van der Waals surface area contributed by atoms with Crippen LogP contribution in [0.3, 0.4) is 0 Å². The van der Waals surface area contributed by atoms with Crippen molar-refractivity contribution in [2.24, 2.45) is 0 Å². The van der Waals surface area contributed by atoms with Crippen LogP contribution in [-0.4, -0.2) is 45.9 Å². The smallest absolute Gasteiger partial charge is 0.277 e. The molecule has 0 bridgehead atoms. The van der Waals surface area contributed by atoms with Gasteiger partial charge in [-0.15, -0.1) is 10.2 Å². The Morgan fingerprint density at radius 3 is 2.92 bits per heavy atom. The average Bonchev–Trinajstić information content (AvgIpc) is 3.10. The molecule has 1 fully saturated rings. The van der Waals surface area contributed by atoms with Gasteiger partial charge in [0.15, 0.2) is 0 Å². The van der Waals surface area contributed by atoms with E-state index in [-0.39, 0.29) is 11.9 Å². The summed E-state index contributed by atoms with van der Waals surface area (Å²) in [6, 6.07) is 8.11. The highest BCUT2D eigenvalue weighted by Crippen LogP contribution is 2.18. The molecule has 0 unspecified atom stereocenters. The number of benzene rings is 1. The summed E-state index contributed by atoms with van der Waals surface area (Å²) < 4.78 is 5.41. The third-order valence-electron chi connectivity index (χ3n) is 4.27. The van der Waals surface area contributed by atoms with Gasteiger partial charge in [0.2, 0.25) is 11.8 Å². The lowest BCUT2D eigenvalue weighted by atomic mass is 10.0. The number of likely N-dealkylation sites (tertiary alicyclic amines) is 1. The molecule has 0 saturated carbocycles. The van der Waals surface area contributed by atoms with Crippen molar-refractivity contribution in [3.8, 4) is 0 Å². The lowest BCUT2D eigenvalue weighted by Gasteiger charge is -2.33. The molecule has 0 aliphatic carbocycles. The monoisotopic (exact) mass is 394 g/mol. The Hall–Kier alpha value is -1.57. The van der Waals surface area contributed by atoms with Gasteiger partial charge < -0.3 is 9.73 Å². The van der Waals surface area contributed by atoms with Crippen molar-refractivity contribution >= 4 is 29.3 Å². The van der Waals surface area contributed by atoms with E-state index in [0.717, 1.165) is 37.5 Å². The molecule has 1 aliphatic rings. The average molecular weight is 395 g/mol. The summed E-state index contributed by atoms with van der Waals surface area (Å²) in [7, 11) is 0. The van der Waals surface area contributed by atoms with Crippen LogP contribution >= 0.6 is 23.4 Å². The van der Waals surface area contributed by atoms with Crippen LogP contribution in [0.15, 0.2) is 33.9 Å². The molecule has 1 amide bonds. The maximum Gasteiger partial charge on any atom is 0.277 e. The van der Waals surface area contributed by atoms with E-state index in [4.69, 9.17) is 16.0 Å². The fraction of sp³-hybridized carbons (Fsp3) is 0.500. The lowest BCUT2D eigenvalue weighted by Crippen LogP contribution is -2.47. The van der Waals surface area contributed by atoms with Crippen molar-refractivity contribution in [2.75, 3.05) is 18.8 Å². The summed E-state index contributed by atoms with van der Waals surface area (Å²) >= 11 is 7.22.